The molecule has 0 aliphatic heterocycles. The lowest BCUT2D eigenvalue weighted by molar-refractivity contribution is -0.118. The van der Waals surface area contributed by atoms with Gasteiger partial charge >= 0.3 is 0 Å². The summed E-state index contributed by atoms with van der Waals surface area (Å²) in [7, 11) is 1.52. The van der Waals surface area contributed by atoms with Crippen molar-refractivity contribution in [1.82, 2.24) is 20.7 Å². The van der Waals surface area contributed by atoms with Crippen LogP contribution in [0.15, 0.2) is 42.5 Å². The van der Waals surface area contributed by atoms with E-state index in [1.54, 1.807) is 42.5 Å². The molecule has 0 aliphatic rings. The van der Waals surface area contributed by atoms with Gasteiger partial charge in [0.05, 0.1) is 13.7 Å². The molecule has 0 saturated heterocycles. The number of fused-ring (bicyclic) bond motifs is 1. The van der Waals surface area contributed by atoms with Gasteiger partial charge in [-0.2, -0.15) is 15.4 Å². The molecule has 9 nitrogen and oxygen atoms in total. The van der Waals surface area contributed by atoms with E-state index in [2.05, 4.69) is 26.0 Å². The van der Waals surface area contributed by atoms with Crippen molar-refractivity contribution in [3.63, 3.8) is 0 Å². The lowest BCUT2D eigenvalue weighted by atomic mass is 10.1. The number of aromatic nitrogens is 3. The van der Waals surface area contributed by atoms with Crippen LogP contribution in [0.25, 0.3) is 11.0 Å². The first kappa shape index (κ1) is 17.4. The summed E-state index contributed by atoms with van der Waals surface area (Å²) in [4.78, 5) is 24.7. The number of aromatic amines is 1. The number of hydrogen-bond donors (Lipinski definition) is 4. The third kappa shape index (κ3) is 3.78. The molecule has 9 heteroatoms. The molecular formula is C17H17N5O4. The van der Waals surface area contributed by atoms with E-state index < -0.39 is 24.5 Å². The molecule has 0 aliphatic carbocycles. The molecule has 0 radical (unpaired) electrons. The molecule has 3 rings (SSSR count). The summed E-state index contributed by atoms with van der Waals surface area (Å²) >= 11 is 0. The van der Waals surface area contributed by atoms with E-state index in [4.69, 9.17) is 4.74 Å². The Kier molecular flexibility index (Phi) is 5.09. The third-order valence-electron chi connectivity index (χ3n) is 3.72. The van der Waals surface area contributed by atoms with E-state index >= 15 is 0 Å². The molecule has 2 aromatic carbocycles. The van der Waals surface area contributed by atoms with Crippen molar-refractivity contribution in [3.8, 4) is 5.75 Å². The van der Waals surface area contributed by atoms with E-state index in [0.717, 1.165) is 0 Å². The number of methoxy groups -OCH3 is 1. The predicted octanol–water partition coefficient (Wildman–Crippen LogP) is 0.696. The maximum Gasteiger partial charge on any atom is 0.252 e. The SMILES string of the molecule is COc1cccc(NC(=O)[C@H](CO)NC(=O)c2ccc3n[nH]nc3c2)c1. The predicted molar refractivity (Wildman–Crippen MR) is 93.9 cm³/mol. The van der Waals surface area contributed by atoms with Crippen LogP contribution in [0.2, 0.25) is 0 Å². The highest BCUT2D eigenvalue weighted by atomic mass is 16.5. The van der Waals surface area contributed by atoms with Gasteiger partial charge in [0.1, 0.15) is 22.8 Å². The number of nitrogens with zero attached hydrogens (tertiary/aromatic N) is 2. The van der Waals surface area contributed by atoms with Crippen molar-refractivity contribution >= 4 is 28.5 Å². The zero-order valence-electron chi connectivity index (χ0n) is 13.9. The van der Waals surface area contributed by atoms with Gasteiger partial charge in [-0.15, -0.1) is 0 Å². The molecule has 26 heavy (non-hydrogen) atoms. The van der Waals surface area contributed by atoms with E-state index in [0.29, 0.717) is 28.0 Å². The molecule has 0 unspecified atom stereocenters. The number of carbonyl (C=O) groups is 2. The molecular weight excluding hydrogens is 338 g/mol. The fraction of sp³-hybridized carbons (Fsp3) is 0.176. The number of H-pyrrole nitrogens is 1. The lowest BCUT2D eigenvalue weighted by Gasteiger charge is -2.16. The molecule has 0 fully saturated rings. The highest BCUT2D eigenvalue weighted by Crippen LogP contribution is 2.17. The number of aliphatic hydroxyl groups excluding tert-OH is 1. The molecule has 0 spiro atoms. The van der Waals surface area contributed by atoms with Gasteiger partial charge in [0.15, 0.2) is 0 Å². The summed E-state index contributed by atoms with van der Waals surface area (Å²) in [6, 6.07) is 10.4. The Morgan fingerprint density at radius 3 is 2.77 bits per heavy atom. The molecule has 0 bridgehead atoms. The Labute approximate surface area is 148 Å². The van der Waals surface area contributed by atoms with Crippen LogP contribution in [0.5, 0.6) is 5.75 Å². The number of carbonyl (C=O) groups excluding carboxylic acids is 2. The summed E-state index contributed by atoms with van der Waals surface area (Å²) in [5.41, 5.74) is 1.94. The molecule has 1 aromatic heterocycles. The van der Waals surface area contributed by atoms with Gasteiger partial charge in [-0.1, -0.05) is 6.07 Å². The molecule has 0 saturated carbocycles. The average molecular weight is 355 g/mol. The van der Waals surface area contributed by atoms with Gasteiger partial charge < -0.3 is 20.5 Å². The van der Waals surface area contributed by atoms with Crippen LogP contribution in [-0.2, 0) is 4.79 Å². The fourth-order valence-corrected chi connectivity index (χ4v) is 2.35. The standard InChI is InChI=1S/C17H17N5O4/c1-26-12-4-2-3-11(8-12)18-17(25)15(9-23)19-16(24)10-5-6-13-14(7-10)21-22-20-13/h2-8,15,23H,9H2,1H3,(H,18,25)(H,19,24)(H,20,21,22)/t15-/m0/s1. The van der Waals surface area contributed by atoms with Crippen LogP contribution in [-0.4, -0.2) is 52.1 Å². The highest BCUT2D eigenvalue weighted by Gasteiger charge is 2.21. The van der Waals surface area contributed by atoms with Gasteiger partial charge in [-0.25, -0.2) is 0 Å². The summed E-state index contributed by atoms with van der Waals surface area (Å²) in [5, 5.41) is 24.9. The molecule has 2 amide bonds. The largest absolute Gasteiger partial charge is 0.497 e. The number of aliphatic hydroxyl groups is 1. The van der Waals surface area contributed by atoms with Crippen molar-refractivity contribution in [3.05, 3.63) is 48.0 Å². The zero-order chi connectivity index (χ0) is 18.5. The van der Waals surface area contributed by atoms with Crippen LogP contribution in [0.3, 0.4) is 0 Å². The zero-order valence-corrected chi connectivity index (χ0v) is 13.9. The van der Waals surface area contributed by atoms with E-state index in [9.17, 15) is 14.7 Å². The summed E-state index contributed by atoms with van der Waals surface area (Å²) < 4.78 is 5.09. The van der Waals surface area contributed by atoms with Crippen molar-refractivity contribution in [2.24, 2.45) is 0 Å². The second-order valence-corrected chi connectivity index (χ2v) is 5.46. The molecule has 1 atom stereocenters. The molecule has 1 heterocycles. The molecule has 3 aromatic rings. The fourth-order valence-electron chi connectivity index (χ4n) is 2.35. The Bertz CT molecular complexity index is 940. The monoisotopic (exact) mass is 355 g/mol. The van der Waals surface area contributed by atoms with Crippen LogP contribution in [0.4, 0.5) is 5.69 Å². The number of amides is 2. The smallest absolute Gasteiger partial charge is 0.252 e. The van der Waals surface area contributed by atoms with Crippen molar-refractivity contribution < 1.29 is 19.4 Å². The number of nitrogens with one attached hydrogen (secondary N) is 3. The first-order valence-electron chi connectivity index (χ1n) is 7.78. The van der Waals surface area contributed by atoms with Crippen molar-refractivity contribution in [1.29, 1.82) is 0 Å². The van der Waals surface area contributed by atoms with Crippen LogP contribution in [0, 0.1) is 0 Å². The lowest BCUT2D eigenvalue weighted by Crippen LogP contribution is -2.46. The summed E-state index contributed by atoms with van der Waals surface area (Å²) in [5.74, 6) is -0.473. The Balaban J connectivity index is 1.69. The first-order chi connectivity index (χ1) is 12.6. The minimum absolute atomic E-state index is 0.305. The second kappa shape index (κ2) is 7.62. The number of hydrogen-bond acceptors (Lipinski definition) is 6. The van der Waals surface area contributed by atoms with E-state index in [1.165, 1.54) is 7.11 Å². The maximum absolute atomic E-state index is 12.4. The summed E-state index contributed by atoms with van der Waals surface area (Å²) in [6.07, 6.45) is 0. The minimum atomic E-state index is -1.11. The van der Waals surface area contributed by atoms with E-state index in [1.807, 2.05) is 0 Å². The quantitative estimate of drug-likeness (QED) is 0.515. The van der Waals surface area contributed by atoms with Gasteiger partial charge in [0, 0.05) is 17.3 Å². The third-order valence-corrected chi connectivity index (χ3v) is 3.72. The van der Waals surface area contributed by atoms with Gasteiger partial charge in [0.2, 0.25) is 5.91 Å². The number of benzene rings is 2. The number of ether oxygens (including phenoxy) is 1. The van der Waals surface area contributed by atoms with Crippen LogP contribution < -0.4 is 15.4 Å². The van der Waals surface area contributed by atoms with Gasteiger partial charge in [-0.05, 0) is 30.3 Å². The van der Waals surface area contributed by atoms with Crippen molar-refractivity contribution in [2.75, 3.05) is 19.0 Å². The first-order valence-corrected chi connectivity index (χ1v) is 7.78. The normalized spacial score (nSPS) is 11.8. The number of anilines is 1. The maximum atomic E-state index is 12.4. The Morgan fingerprint density at radius 2 is 2.00 bits per heavy atom. The Hall–Kier alpha value is -3.46. The van der Waals surface area contributed by atoms with E-state index in [-0.39, 0.29) is 0 Å². The summed E-state index contributed by atoms with van der Waals surface area (Å²) in [6.45, 7) is -0.548. The van der Waals surface area contributed by atoms with Gasteiger partial charge in [0.25, 0.3) is 5.91 Å². The topological polar surface area (TPSA) is 129 Å². The minimum Gasteiger partial charge on any atom is -0.497 e. The second-order valence-electron chi connectivity index (χ2n) is 5.46. The van der Waals surface area contributed by atoms with Crippen molar-refractivity contribution in [2.45, 2.75) is 6.04 Å². The van der Waals surface area contributed by atoms with Gasteiger partial charge in [-0.3, -0.25) is 9.59 Å². The number of rotatable bonds is 6. The Morgan fingerprint density at radius 1 is 1.19 bits per heavy atom. The van der Waals surface area contributed by atoms with Crippen LogP contribution >= 0.6 is 0 Å². The molecule has 4 N–H and O–H groups in total. The molecule has 134 valence electrons. The van der Waals surface area contributed by atoms with Crippen LogP contribution in [0.1, 0.15) is 10.4 Å². The highest BCUT2D eigenvalue weighted by molar-refractivity contribution is 6.02. The average Bonchev–Trinajstić information content (AvgIpc) is 3.13.